The Balaban J connectivity index is 2.31. The maximum Gasteiger partial charge on any atom is 0.253 e. The Hall–Kier alpha value is -1.75. The summed E-state index contributed by atoms with van der Waals surface area (Å²) in [5.41, 5.74) is 0.633. The SMILES string of the molecule is CCCNc1ncc(C(=O)NCCSC)c2ccccc12. The van der Waals surface area contributed by atoms with Crippen molar-refractivity contribution in [2.24, 2.45) is 0 Å². The van der Waals surface area contributed by atoms with E-state index in [1.165, 1.54) is 0 Å². The molecule has 0 radical (unpaired) electrons. The van der Waals surface area contributed by atoms with Gasteiger partial charge in [0.05, 0.1) is 5.56 Å². The minimum atomic E-state index is -0.0604. The molecule has 0 bridgehead atoms. The molecule has 2 N–H and O–H groups in total. The number of aromatic nitrogens is 1. The number of pyridine rings is 1. The highest BCUT2D eigenvalue weighted by Crippen LogP contribution is 2.24. The molecule has 0 saturated heterocycles. The van der Waals surface area contributed by atoms with Gasteiger partial charge >= 0.3 is 0 Å². The summed E-state index contributed by atoms with van der Waals surface area (Å²) in [7, 11) is 0. The highest BCUT2D eigenvalue weighted by Gasteiger charge is 2.12. The number of anilines is 1. The number of carbonyl (C=O) groups excluding carboxylic acids is 1. The normalized spacial score (nSPS) is 10.6. The molecule has 4 nitrogen and oxygen atoms in total. The smallest absolute Gasteiger partial charge is 0.253 e. The fraction of sp³-hybridized carbons (Fsp3) is 0.375. The zero-order valence-corrected chi connectivity index (χ0v) is 13.3. The molecule has 112 valence electrons. The molecule has 5 heteroatoms. The first-order valence-corrected chi connectivity index (χ1v) is 8.56. The van der Waals surface area contributed by atoms with E-state index < -0.39 is 0 Å². The zero-order valence-electron chi connectivity index (χ0n) is 12.5. The number of nitrogens with one attached hydrogen (secondary N) is 2. The maximum atomic E-state index is 12.3. The molecule has 2 rings (SSSR count). The molecule has 0 aliphatic rings. The maximum absolute atomic E-state index is 12.3. The van der Waals surface area contributed by atoms with Gasteiger partial charge < -0.3 is 10.6 Å². The molecule has 0 aliphatic carbocycles. The van der Waals surface area contributed by atoms with Crippen LogP contribution in [0.5, 0.6) is 0 Å². The highest BCUT2D eigenvalue weighted by molar-refractivity contribution is 7.98. The predicted octanol–water partition coefficient (Wildman–Crippen LogP) is 3.15. The Labute approximate surface area is 129 Å². The minimum absolute atomic E-state index is 0.0604. The van der Waals surface area contributed by atoms with Crippen LogP contribution in [0.25, 0.3) is 10.8 Å². The van der Waals surface area contributed by atoms with Gasteiger partial charge in [-0.25, -0.2) is 4.98 Å². The molecule has 1 aromatic heterocycles. The van der Waals surface area contributed by atoms with Gasteiger partial charge in [0.25, 0.3) is 5.91 Å². The average molecular weight is 303 g/mol. The number of rotatable bonds is 7. The van der Waals surface area contributed by atoms with E-state index in [4.69, 9.17) is 0 Å². The molecule has 1 heterocycles. The van der Waals surface area contributed by atoms with Gasteiger partial charge in [-0.1, -0.05) is 31.2 Å². The molecule has 1 amide bonds. The lowest BCUT2D eigenvalue weighted by molar-refractivity contribution is 0.0957. The van der Waals surface area contributed by atoms with Crippen LogP contribution < -0.4 is 10.6 Å². The van der Waals surface area contributed by atoms with Crippen LogP contribution in [-0.4, -0.2) is 36.0 Å². The van der Waals surface area contributed by atoms with Crippen LogP contribution in [0.3, 0.4) is 0 Å². The van der Waals surface area contributed by atoms with E-state index in [0.717, 1.165) is 35.3 Å². The second-order valence-electron chi connectivity index (χ2n) is 4.74. The quantitative estimate of drug-likeness (QED) is 0.772. The first kappa shape index (κ1) is 15.6. The van der Waals surface area contributed by atoms with Crippen molar-refractivity contribution in [3.05, 3.63) is 36.0 Å². The van der Waals surface area contributed by atoms with Crippen LogP contribution in [-0.2, 0) is 0 Å². The number of hydrogen-bond acceptors (Lipinski definition) is 4. The van der Waals surface area contributed by atoms with Gasteiger partial charge in [0.1, 0.15) is 5.82 Å². The number of fused-ring (bicyclic) bond motifs is 1. The molecule has 0 spiro atoms. The van der Waals surface area contributed by atoms with Gasteiger partial charge in [0, 0.05) is 30.4 Å². The lowest BCUT2D eigenvalue weighted by Gasteiger charge is -2.11. The first-order valence-electron chi connectivity index (χ1n) is 7.16. The van der Waals surface area contributed by atoms with Crippen molar-refractivity contribution in [3.8, 4) is 0 Å². The third kappa shape index (κ3) is 3.88. The van der Waals surface area contributed by atoms with Gasteiger partial charge in [-0.05, 0) is 18.1 Å². The van der Waals surface area contributed by atoms with Crippen LogP contribution in [0, 0.1) is 0 Å². The molecule has 2 aromatic rings. The molecular formula is C16H21N3OS. The Morgan fingerprint density at radius 3 is 2.71 bits per heavy atom. The molecule has 0 aliphatic heterocycles. The fourth-order valence-electron chi connectivity index (χ4n) is 2.12. The Morgan fingerprint density at radius 1 is 1.24 bits per heavy atom. The number of amides is 1. The van der Waals surface area contributed by atoms with E-state index in [2.05, 4.69) is 22.5 Å². The van der Waals surface area contributed by atoms with Crippen LogP contribution in [0.2, 0.25) is 0 Å². The average Bonchev–Trinajstić information content (AvgIpc) is 2.52. The van der Waals surface area contributed by atoms with Crippen LogP contribution in [0.4, 0.5) is 5.82 Å². The zero-order chi connectivity index (χ0) is 15.1. The standard InChI is InChI=1S/C16H21N3OS/c1-3-8-17-15-13-7-5-4-6-12(13)14(11-19-15)16(20)18-9-10-21-2/h4-7,11H,3,8-10H2,1-2H3,(H,17,19)(H,18,20). The van der Waals surface area contributed by atoms with E-state index in [1.807, 2.05) is 30.5 Å². The predicted molar refractivity (Wildman–Crippen MR) is 91.2 cm³/mol. The Morgan fingerprint density at radius 2 is 2.00 bits per heavy atom. The summed E-state index contributed by atoms with van der Waals surface area (Å²) >= 11 is 1.71. The first-order chi connectivity index (χ1) is 10.3. The summed E-state index contributed by atoms with van der Waals surface area (Å²) in [5, 5.41) is 8.17. The van der Waals surface area contributed by atoms with Crippen LogP contribution in [0.1, 0.15) is 23.7 Å². The molecule has 0 atom stereocenters. The molecule has 0 fully saturated rings. The number of nitrogens with zero attached hydrogens (tertiary/aromatic N) is 1. The second kappa shape index (κ2) is 7.88. The van der Waals surface area contributed by atoms with Crippen molar-refractivity contribution in [3.63, 3.8) is 0 Å². The van der Waals surface area contributed by atoms with E-state index in [-0.39, 0.29) is 5.91 Å². The van der Waals surface area contributed by atoms with Gasteiger partial charge in [0.15, 0.2) is 0 Å². The Kier molecular flexibility index (Phi) is 5.87. The lowest BCUT2D eigenvalue weighted by Crippen LogP contribution is -2.26. The Bertz CT molecular complexity index is 615. The highest BCUT2D eigenvalue weighted by atomic mass is 32.2. The van der Waals surface area contributed by atoms with E-state index in [9.17, 15) is 4.79 Å². The number of benzene rings is 1. The second-order valence-corrected chi connectivity index (χ2v) is 5.73. The topological polar surface area (TPSA) is 54.0 Å². The third-order valence-corrected chi connectivity index (χ3v) is 3.79. The third-order valence-electron chi connectivity index (χ3n) is 3.17. The van der Waals surface area contributed by atoms with Gasteiger partial charge in [0.2, 0.25) is 0 Å². The van der Waals surface area contributed by atoms with Crippen molar-refractivity contribution < 1.29 is 4.79 Å². The summed E-state index contributed by atoms with van der Waals surface area (Å²) in [4.78, 5) is 16.7. The summed E-state index contributed by atoms with van der Waals surface area (Å²) in [6, 6.07) is 7.89. The summed E-state index contributed by atoms with van der Waals surface area (Å²) in [6.45, 7) is 3.66. The van der Waals surface area contributed by atoms with Crippen molar-refractivity contribution in [2.75, 3.05) is 30.4 Å². The van der Waals surface area contributed by atoms with E-state index in [1.54, 1.807) is 18.0 Å². The summed E-state index contributed by atoms with van der Waals surface area (Å²) < 4.78 is 0. The van der Waals surface area contributed by atoms with Gasteiger partial charge in [-0.15, -0.1) is 0 Å². The van der Waals surface area contributed by atoms with Crippen LogP contribution in [0.15, 0.2) is 30.5 Å². The summed E-state index contributed by atoms with van der Waals surface area (Å²) in [5.74, 6) is 1.69. The van der Waals surface area contributed by atoms with Crippen molar-refractivity contribution in [1.82, 2.24) is 10.3 Å². The molecule has 0 unspecified atom stereocenters. The summed E-state index contributed by atoms with van der Waals surface area (Å²) in [6.07, 6.45) is 4.72. The van der Waals surface area contributed by atoms with Gasteiger partial charge in [-0.3, -0.25) is 4.79 Å². The largest absolute Gasteiger partial charge is 0.370 e. The van der Waals surface area contributed by atoms with Crippen molar-refractivity contribution in [1.29, 1.82) is 0 Å². The van der Waals surface area contributed by atoms with E-state index in [0.29, 0.717) is 12.1 Å². The van der Waals surface area contributed by atoms with Crippen molar-refractivity contribution >= 4 is 34.3 Å². The molecular weight excluding hydrogens is 282 g/mol. The van der Waals surface area contributed by atoms with Gasteiger partial charge in [-0.2, -0.15) is 11.8 Å². The van der Waals surface area contributed by atoms with Crippen LogP contribution >= 0.6 is 11.8 Å². The lowest BCUT2D eigenvalue weighted by atomic mass is 10.1. The number of thioether (sulfide) groups is 1. The minimum Gasteiger partial charge on any atom is -0.370 e. The molecule has 21 heavy (non-hydrogen) atoms. The fourth-order valence-corrected chi connectivity index (χ4v) is 2.43. The molecule has 0 saturated carbocycles. The van der Waals surface area contributed by atoms with Crippen molar-refractivity contribution in [2.45, 2.75) is 13.3 Å². The number of hydrogen-bond donors (Lipinski definition) is 2. The molecule has 1 aromatic carbocycles. The monoisotopic (exact) mass is 303 g/mol. The van der Waals surface area contributed by atoms with E-state index >= 15 is 0 Å². The number of carbonyl (C=O) groups is 1.